The van der Waals surface area contributed by atoms with E-state index in [1.54, 1.807) is 0 Å². The number of carbonyl (C=O) groups excluding carboxylic acids is 1. The Morgan fingerprint density at radius 1 is 0.864 bits per heavy atom. The van der Waals surface area contributed by atoms with Crippen molar-refractivity contribution in [1.29, 1.82) is 0 Å². The van der Waals surface area contributed by atoms with Crippen molar-refractivity contribution in [3.05, 3.63) is 5.01 Å². The smallest absolute Gasteiger partial charge is 0.297 e. The fraction of sp³-hybridized carbons (Fsp3) is 0.571. The van der Waals surface area contributed by atoms with Crippen LogP contribution in [0.25, 0.3) is 0 Å². The lowest BCUT2D eigenvalue weighted by Gasteiger charge is -2.27. The number of rotatable bonds is 2. The van der Waals surface area contributed by atoms with Gasteiger partial charge in [0.05, 0.1) is 0 Å². The summed E-state index contributed by atoms with van der Waals surface area (Å²) >= 11 is -0.575. The summed E-state index contributed by atoms with van der Waals surface area (Å²) in [5.41, 5.74) is -6.32. The Kier molecular flexibility index (Phi) is 4.35. The van der Waals surface area contributed by atoms with Gasteiger partial charge in [-0.3, -0.25) is 10.1 Å². The average Bonchev–Trinajstić information content (AvgIpc) is 2.72. The van der Waals surface area contributed by atoms with Crippen LogP contribution in [0.2, 0.25) is 0 Å². The lowest BCUT2D eigenvalue weighted by molar-refractivity contribution is -0.324. The summed E-state index contributed by atoms with van der Waals surface area (Å²) in [5, 5.41) is 2.45. The quantitative estimate of drug-likeness (QED) is 0.819. The van der Waals surface area contributed by atoms with Crippen LogP contribution >= 0.6 is 11.3 Å². The van der Waals surface area contributed by atoms with Crippen molar-refractivity contribution in [1.82, 2.24) is 10.2 Å². The minimum Gasteiger partial charge on any atom is -0.297 e. The maximum Gasteiger partial charge on any atom is 0.445 e. The minimum atomic E-state index is -6.69. The number of aromatic nitrogens is 2. The van der Waals surface area contributed by atoms with E-state index < -0.39 is 51.6 Å². The second-order valence-electron chi connectivity index (χ2n) is 3.52. The molecule has 0 aliphatic carbocycles. The van der Waals surface area contributed by atoms with E-state index >= 15 is 0 Å². The molecule has 0 saturated carbocycles. The van der Waals surface area contributed by atoms with E-state index in [4.69, 9.17) is 0 Å². The average molecular weight is 365 g/mol. The summed E-state index contributed by atoms with van der Waals surface area (Å²) in [6, 6.07) is 0. The third-order valence-corrected chi connectivity index (χ3v) is 2.87. The van der Waals surface area contributed by atoms with Crippen LogP contribution in [0.1, 0.15) is 5.01 Å². The normalized spacial score (nSPS) is 14.1. The second kappa shape index (κ2) is 5.20. The standard InChI is InChI=1S/C7HF10N3OS/c8-4(6(12,13)14,7(15,16)17)1(21)18-3-20-19-2(22-3)5(9,10)11/h(H,18,20,21). The summed E-state index contributed by atoms with van der Waals surface area (Å²) < 4.78 is 123. The Morgan fingerprint density at radius 3 is 1.64 bits per heavy atom. The molecular weight excluding hydrogens is 364 g/mol. The van der Waals surface area contributed by atoms with Crippen molar-refractivity contribution >= 4 is 22.4 Å². The predicted molar refractivity (Wildman–Crippen MR) is 49.5 cm³/mol. The van der Waals surface area contributed by atoms with Gasteiger partial charge in [0.15, 0.2) is 0 Å². The van der Waals surface area contributed by atoms with Crippen molar-refractivity contribution < 1.29 is 48.7 Å². The van der Waals surface area contributed by atoms with Crippen LogP contribution in [0.4, 0.5) is 49.0 Å². The number of carbonyl (C=O) groups is 1. The van der Waals surface area contributed by atoms with E-state index in [-0.39, 0.29) is 0 Å². The van der Waals surface area contributed by atoms with Gasteiger partial charge in [-0.25, -0.2) is 4.39 Å². The summed E-state index contributed by atoms with van der Waals surface area (Å²) in [7, 11) is 0. The first-order valence-electron chi connectivity index (χ1n) is 4.65. The van der Waals surface area contributed by atoms with E-state index in [0.29, 0.717) is 5.32 Å². The molecule has 0 spiro atoms. The Hall–Kier alpha value is -1.67. The van der Waals surface area contributed by atoms with E-state index in [1.807, 2.05) is 0 Å². The van der Waals surface area contributed by atoms with Gasteiger partial charge in [0, 0.05) is 0 Å². The molecule has 4 nitrogen and oxygen atoms in total. The highest BCUT2D eigenvalue weighted by Gasteiger charge is 2.77. The third kappa shape index (κ3) is 3.22. The van der Waals surface area contributed by atoms with Gasteiger partial charge >= 0.3 is 24.2 Å². The molecule has 1 rings (SSSR count). The topological polar surface area (TPSA) is 54.9 Å². The second-order valence-corrected chi connectivity index (χ2v) is 4.50. The molecule has 0 bridgehead atoms. The van der Waals surface area contributed by atoms with Crippen LogP contribution in [-0.2, 0) is 11.0 Å². The van der Waals surface area contributed by atoms with Gasteiger partial charge in [-0.15, -0.1) is 10.2 Å². The van der Waals surface area contributed by atoms with Crippen LogP contribution in [0.5, 0.6) is 0 Å². The zero-order valence-corrected chi connectivity index (χ0v) is 10.3. The van der Waals surface area contributed by atoms with E-state index in [0.717, 1.165) is 0 Å². The van der Waals surface area contributed by atoms with Crippen LogP contribution in [-0.4, -0.2) is 34.1 Å². The van der Waals surface area contributed by atoms with Crippen molar-refractivity contribution in [3.8, 4) is 0 Å². The van der Waals surface area contributed by atoms with E-state index in [1.165, 1.54) is 0 Å². The lowest BCUT2D eigenvalue weighted by Crippen LogP contribution is -2.60. The maximum atomic E-state index is 13.2. The first kappa shape index (κ1) is 18.4. The molecule has 15 heteroatoms. The molecule has 0 fully saturated rings. The highest BCUT2D eigenvalue weighted by atomic mass is 32.1. The number of amides is 1. The van der Waals surface area contributed by atoms with E-state index in [9.17, 15) is 48.7 Å². The molecule has 1 aromatic rings. The maximum absolute atomic E-state index is 13.2. The SMILES string of the molecule is O=C(Nc1nnc(C(F)(F)F)s1)C(F)(C(F)(F)F)C(F)(F)F. The van der Waals surface area contributed by atoms with Crippen LogP contribution in [0, 0.1) is 0 Å². The van der Waals surface area contributed by atoms with Gasteiger partial charge in [0.2, 0.25) is 10.1 Å². The number of hydrogen-bond donors (Lipinski definition) is 1. The number of nitrogens with zero attached hydrogens (tertiary/aromatic N) is 2. The largest absolute Gasteiger partial charge is 0.445 e. The van der Waals surface area contributed by atoms with Crippen molar-refractivity contribution in [3.63, 3.8) is 0 Å². The first-order valence-corrected chi connectivity index (χ1v) is 5.47. The number of hydrogen-bond acceptors (Lipinski definition) is 4. The summed E-state index contributed by atoms with van der Waals surface area (Å²) in [4.78, 5) is 10.9. The van der Waals surface area contributed by atoms with Gasteiger partial charge in [-0.05, 0) is 0 Å². The van der Waals surface area contributed by atoms with Crippen molar-refractivity contribution in [2.45, 2.75) is 24.2 Å². The monoisotopic (exact) mass is 365 g/mol. The molecule has 0 radical (unpaired) electrons. The molecule has 126 valence electrons. The van der Waals surface area contributed by atoms with Gasteiger partial charge < -0.3 is 0 Å². The molecular formula is C7HF10N3OS. The number of alkyl halides is 10. The van der Waals surface area contributed by atoms with Gasteiger partial charge in [-0.1, -0.05) is 11.3 Å². The molecule has 1 amide bonds. The van der Waals surface area contributed by atoms with Gasteiger partial charge in [0.1, 0.15) is 0 Å². The zero-order chi connectivity index (χ0) is 17.6. The molecule has 0 saturated heterocycles. The molecule has 0 aliphatic heterocycles. The highest BCUT2D eigenvalue weighted by molar-refractivity contribution is 7.15. The molecule has 0 aromatic carbocycles. The first-order chi connectivity index (χ1) is 9.60. The van der Waals surface area contributed by atoms with Gasteiger partial charge in [0.25, 0.3) is 5.91 Å². The van der Waals surface area contributed by atoms with Crippen LogP contribution in [0.3, 0.4) is 0 Å². The third-order valence-electron chi connectivity index (χ3n) is 1.98. The molecule has 0 atom stereocenters. The molecule has 0 aliphatic rings. The lowest BCUT2D eigenvalue weighted by atomic mass is 10.0. The molecule has 1 heterocycles. The van der Waals surface area contributed by atoms with Crippen LogP contribution in [0.15, 0.2) is 0 Å². The number of halogens is 10. The number of nitrogens with one attached hydrogen (secondary N) is 1. The minimum absolute atomic E-state index is 0.575. The number of anilines is 1. The molecule has 1 aromatic heterocycles. The Bertz CT molecular complexity index is 544. The molecule has 0 unspecified atom stereocenters. The summed E-state index contributed by atoms with van der Waals surface area (Å²) in [6.07, 6.45) is -18.5. The fourth-order valence-corrected chi connectivity index (χ4v) is 1.60. The Morgan fingerprint density at radius 2 is 1.32 bits per heavy atom. The van der Waals surface area contributed by atoms with Gasteiger partial charge in [-0.2, -0.15) is 39.5 Å². The predicted octanol–water partition coefficient (Wildman–Crippen LogP) is 3.33. The molecule has 22 heavy (non-hydrogen) atoms. The summed E-state index contributed by atoms with van der Waals surface area (Å²) in [5.74, 6) is -3.28. The van der Waals surface area contributed by atoms with Crippen LogP contribution < -0.4 is 5.32 Å². The Balaban J connectivity index is 3.11. The Labute approximate surface area is 117 Å². The van der Waals surface area contributed by atoms with Crippen molar-refractivity contribution in [2.24, 2.45) is 0 Å². The summed E-state index contributed by atoms with van der Waals surface area (Å²) in [6.45, 7) is 0. The zero-order valence-electron chi connectivity index (χ0n) is 9.49. The van der Waals surface area contributed by atoms with E-state index in [2.05, 4.69) is 10.2 Å². The van der Waals surface area contributed by atoms with Crippen molar-refractivity contribution in [2.75, 3.05) is 5.32 Å². The highest BCUT2D eigenvalue weighted by Crippen LogP contribution is 2.47. The fourth-order valence-electron chi connectivity index (χ4n) is 0.990. The molecule has 1 N–H and O–H groups in total.